The third kappa shape index (κ3) is 3.98. The Balaban J connectivity index is 2.73. The van der Waals surface area contributed by atoms with E-state index in [2.05, 4.69) is 5.32 Å². The molecule has 1 N–H and O–H groups in total. The van der Waals surface area contributed by atoms with Gasteiger partial charge in [-0.05, 0) is 26.3 Å². The number of hydrogen-bond acceptors (Lipinski definition) is 4. The first-order valence-electron chi connectivity index (χ1n) is 4.98. The van der Waals surface area contributed by atoms with E-state index in [1.807, 2.05) is 13.8 Å². The third-order valence-corrected chi connectivity index (χ3v) is 3.39. The Hall–Kier alpha value is -1.14. The van der Waals surface area contributed by atoms with Gasteiger partial charge in [0.15, 0.2) is 0 Å². The molecule has 1 aromatic heterocycles. The summed E-state index contributed by atoms with van der Waals surface area (Å²) in [4.78, 5) is 22.1. The number of nitrogens with zero attached hydrogens (tertiary/aromatic N) is 1. The number of carbonyl (C=O) groups excluding carboxylic acids is 1. The van der Waals surface area contributed by atoms with Gasteiger partial charge in [0.1, 0.15) is 0 Å². The number of thiophene rings is 1. The molecule has 0 bridgehead atoms. The lowest BCUT2D eigenvalue weighted by Gasteiger charge is -2.24. The van der Waals surface area contributed by atoms with Crippen molar-refractivity contribution >= 4 is 33.8 Å². The molecule has 17 heavy (non-hydrogen) atoms. The zero-order valence-electron chi connectivity index (χ0n) is 9.53. The van der Waals surface area contributed by atoms with Crippen molar-refractivity contribution < 1.29 is 9.72 Å². The van der Waals surface area contributed by atoms with Crippen LogP contribution >= 0.6 is 22.9 Å². The highest BCUT2D eigenvalue weighted by Crippen LogP contribution is 2.24. The molecule has 1 heterocycles. The van der Waals surface area contributed by atoms with E-state index < -0.39 is 10.5 Å². The summed E-state index contributed by atoms with van der Waals surface area (Å²) in [7, 11) is 0. The summed E-state index contributed by atoms with van der Waals surface area (Å²) in [5.41, 5.74) is -0.419. The van der Waals surface area contributed by atoms with Crippen LogP contribution in [0.25, 0.3) is 0 Å². The van der Waals surface area contributed by atoms with E-state index in [0.29, 0.717) is 17.2 Å². The van der Waals surface area contributed by atoms with E-state index in [4.69, 9.17) is 11.6 Å². The van der Waals surface area contributed by atoms with Gasteiger partial charge in [0.25, 0.3) is 5.91 Å². The van der Waals surface area contributed by atoms with Gasteiger partial charge in [0.05, 0.1) is 9.80 Å². The molecule has 1 aromatic rings. The normalized spacial score (nSPS) is 11.2. The summed E-state index contributed by atoms with van der Waals surface area (Å²) in [5, 5.41) is 13.2. The molecule has 0 aliphatic carbocycles. The third-order valence-electron chi connectivity index (χ3n) is 2.17. The fourth-order valence-corrected chi connectivity index (χ4v) is 2.40. The molecule has 1 rings (SSSR count). The monoisotopic (exact) mass is 276 g/mol. The Kier molecular flexibility index (Phi) is 4.47. The van der Waals surface area contributed by atoms with Crippen molar-refractivity contribution in [3.8, 4) is 0 Å². The Bertz CT molecular complexity index is 431. The van der Waals surface area contributed by atoms with Gasteiger partial charge in [-0.25, -0.2) is 0 Å². The van der Waals surface area contributed by atoms with Crippen molar-refractivity contribution in [2.75, 3.05) is 5.88 Å². The van der Waals surface area contributed by atoms with Crippen molar-refractivity contribution in [1.29, 1.82) is 0 Å². The Labute approximate surface area is 108 Å². The average Bonchev–Trinajstić information content (AvgIpc) is 2.64. The first-order valence-corrected chi connectivity index (χ1v) is 6.33. The number of nitro groups is 1. The molecule has 0 saturated carbocycles. The molecule has 94 valence electrons. The number of hydrogen-bond donors (Lipinski definition) is 1. The standard InChI is InChI=1S/C10H13ClN2O3S/c1-10(2,5-6-11)12-9(14)7-3-4-8(17-7)13(15)16/h3-4H,5-6H2,1-2H3,(H,12,14). The number of halogens is 1. The minimum atomic E-state index is -0.509. The Morgan fingerprint density at radius 2 is 2.24 bits per heavy atom. The second-order valence-electron chi connectivity index (χ2n) is 4.17. The lowest BCUT2D eigenvalue weighted by atomic mass is 10.0. The van der Waals surface area contributed by atoms with E-state index in [9.17, 15) is 14.9 Å². The quantitative estimate of drug-likeness (QED) is 0.511. The minimum absolute atomic E-state index is 0.0368. The fraction of sp³-hybridized carbons (Fsp3) is 0.500. The molecule has 0 atom stereocenters. The first-order chi connectivity index (χ1) is 7.85. The average molecular weight is 277 g/mol. The molecule has 0 aliphatic heterocycles. The molecule has 5 nitrogen and oxygen atoms in total. The van der Waals surface area contributed by atoms with Crippen molar-refractivity contribution in [3.63, 3.8) is 0 Å². The molecule has 0 fully saturated rings. The number of carbonyl (C=O) groups is 1. The molecule has 7 heteroatoms. The van der Waals surface area contributed by atoms with Crippen molar-refractivity contribution in [1.82, 2.24) is 5.32 Å². The SMILES string of the molecule is CC(C)(CCCl)NC(=O)c1ccc([N+](=O)[O-])s1. The van der Waals surface area contributed by atoms with Gasteiger partial charge in [-0.3, -0.25) is 14.9 Å². The molecular formula is C10H13ClN2O3S. The van der Waals surface area contributed by atoms with Gasteiger partial charge < -0.3 is 5.32 Å². The summed E-state index contributed by atoms with van der Waals surface area (Å²) in [5.74, 6) is 0.135. The Morgan fingerprint density at radius 3 is 2.71 bits per heavy atom. The van der Waals surface area contributed by atoms with Crippen LogP contribution in [0.1, 0.15) is 29.9 Å². The van der Waals surface area contributed by atoms with Crippen LogP contribution in [-0.4, -0.2) is 22.2 Å². The van der Waals surface area contributed by atoms with E-state index in [0.717, 1.165) is 11.3 Å². The highest BCUT2D eigenvalue weighted by Gasteiger charge is 2.22. The van der Waals surface area contributed by atoms with Crippen LogP contribution in [0.2, 0.25) is 0 Å². The molecule has 0 aromatic carbocycles. The van der Waals surface area contributed by atoms with Crippen LogP contribution in [0, 0.1) is 10.1 Å². The largest absolute Gasteiger partial charge is 0.346 e. The molecule has 0 aliphatic rings. The van der Waals surface area contributed by atoms with Crippen LogP contribution in [0.4, 0.5) is 5.00 Å². The van der Waals surface area contributed by atoms with E-state index in [-0.39, 0.29) is 10.9 Å². The summed E-state index contributed by atoms with van der Waals surface area (Å²) in [6.07, 6.45) is 0.633. The van der Waals surface area contributed by atoms with Gasteiger partial charge in [-0.15, -0.1) is 11.6 Å². The van der Waals surface area contributed by atoms with Crippen LogP contribution in [0.3, 0.4) is 0 Å². The van der Waals surface area contributed by atoms with Gasteiger partial charge in [-0.1, -0.05) is 11.3 Å². The van der Waals surface area contributed by atoms with Gasteiger partial charge in [0.2, 0.25) is 0 Å². The number of rotatable bonds is 5. The highest BCUT2D eigenvalue weighted by molar-refractivity contribution is 7.17. The van der Waals surface area contributed by atoms with Gasteiger partial charge >= 0.3 is 5.00 Å². The summed E-state index contributed by atoms with van der Waals surface area (Å²) >= 11 is 6.49. The molecule has 0 radical (unpaired) electrons. The van der Waals surface area contributed by atoms with E-state index in [1.165, 1.54) is 12.1 Å². The maximum Gasteiger partial charge on any atom is 0.324 e. The van der Waals surface area contributed by atoms with Crippen LogP contribution in [0.5, 0.6) is 0 Å². The first kappa shape index (κ1) is 13.9. The summed E-state index contributed by atoms with van der Waals surface area (Å²) in [6, 6.07) is 2.78. The predicted molar refractivity (Wildman–Crippen MR) is 67.9 cm³/mol. The minimum Gasteiger partial charge on any atom is -0.346 e. The molecular weight excluding hydrogens is 264 g/mol. The number of alkyl halides is 1. The molecule has 0 unspecified atom stereocenters. The van der Waals surface area contributed by atoms with Crippen molar-refractivity contribution in [2.45, 2.75) is 25.8 Å². The molecule has 1 amide bonds. The van der Waals surface area contributed by atoms with Gasteiger partial charge in [0, 0.05) is 17.5 Å². The molecule has 0 spiro atoms. The maximum absolute atomic E-state index is 11.8. The zero-order chi connectivity index (χ0) is 13.1. The van der Waals surface area contributed by atoms with Crippen LogP contribution < -0.4 is 5.32 Å². The number of amides is 1. The second-order valence-corrected chi connectivity index (χ2v) is 5.61. The predicted octanol–water partition coefficient (Wildman–Crippen LogP) is 2.79. The Morgan fingerprint density at radius 1 is 1.59 bits per heavy atom. The smallest absolute Gasteiger partial charge is 0.324 e. The lowest BCUT2D eigenvalue weighted by Crippen LogP contribution is -2.43. The van der Waals surface area contributed by atoms with E-state index >= 15 is 0 Å². The van der Waals surface area contributed by atoms with Crippen LogP contribution in [0.15, 0.2) is 12.1 Å². The molecule has 0 saturated heterocycles. The number of nitrogens with one attached hydrogen (secondary N) is 1. The summed E-state index contributed by atoms with van der Waals surface area (Å²) < 4.78 is 0. The summed E-state index contributed by atoms with van der Waals surface area (Å²) in [6.45, 7) is 3.71. The highest BCUT2D eigenvalue weighted by atomic mass is 35.5. The topological polar surface area (TPSA) is 72.2 Å². The van der Waals surface area contributed by atoms with Crippen LogP contribution in [-0.2, 0) is 0 Å². The van der Waals surface area contributed by atoms with Crippen molar-refractivity contribution in [2.24, 2.45) is 0 Å². The van der Waals surface area contributed by atoms with Crippen molar-refractivity contribution in [3.05, 3.63) is 27.1 Å². The van der Waals surface area contributed by atoms with Gasteiger partial charge in [-0.2, -0.15) is 0 Å². The lowest BCUT2D eigenvalue weighted by molar-refractivity contribution is -0.380. The fourth-order valence-electron chi connectivity index (χ4n) is 1.22. The zero-order valence-corrected chi connectivity index (χ0v) is 11.1. The van der Waals surface area contributed by atoms with E-state index in [1.54, 1.807) is 0 Å². The maximum atomic E-state index is 11.8. The second kappa shape index (κ2) is 5.46.